The number of hydrogen-bond donors (Lipinski definition) is 0. The molecule has 4 aromatic rings. The fourth-order valence-corrected chi connectivity index (χ4v) is 5.33. The largest absolute Gasteiger partial charge is 0.490 e. The molecule has 2 aliphatic heterocycles. The number of halogens is 1. The molecule has 0 spiro atoms. The van der Waals surface area contributed by atoms with Gasteiger partial charge in [-0.25, -0.2) is 14.2 Å². The Hall–Kier alpha value is -3.42. The van der Waals surface area contributed by atoms with Gasteiger partial charge < -0.3 is 9.64 Å². The number of imidazole rings is 1. The summed E-state index contributed by atoms with van der Waals surface area (Å²) in [6.07, 6.45) is 7.41. The third kappa shape index (κ3) is 2.96. The summed E-state index contributed by atoms with van der Waals surface area (Å²) >= 11 is 0. The van der Waals surface area contributed by atoms with Crippen molar-refractivity contribution in [1.29, 1.82) is 0 Å². The summed E-state index contributed by atoms with van der Waals surface area (Å²) in [6, 6.07) is 5.17. The minimum Gasteiger partial charge on any atom is -0.490 e. The van der Waals surface area contributed by atoms with Crippen LogP contribution in [0, 0.1) is 5.82 Å². The number of nitrogens with zero attached hydrogens (tertiary/aromatic N) is 5. The lowest BCUT2D eigenvalue weighted by Gasteiger charge is -2.18. The number of anilines is 1. The Kier molecular flexibility index (Phi) is 4.64. The van der Waals surface area contributed by atoms with Gasteiger partial charge in [-0.15, -0.1) is 0 Å². The van der Waals surface area contributed by atoms with Crippen LogP contribution < -0.4 is 15.3 Å². The second-order valence-corrected chi connectivity index (χ2v) is 9.01. The van der Waals surface area contributed by atoms with E-state index in [1.807, 2.05) is 16.7 Å². The summed E-state index contributed by atoms with van der Waals surface area (Å²) in [5, 5.41) is 0.684. The van der Waals surface area contributed by atoms with E-state index >= 15 is 4.39 Å². The minimum absolute atomic E-state index is 0.100. The van der Waals surface area contributed by atoms with Gasteiger partial charge in [0.15, 0.2) is 0 Å². The van der Waals surface area contributed by atoms with Crippen molar-refractivity contribution >= 4 is 27.8 Å². The average Bonchev–Trinajstić information content (AvgIpc) is 3.40. The number of aromatic nitrogens is 4. The van der Waals surface area contributed by atoms with Gasteiger partial charge in [0.25, 0.3) is 0 Å². The van der Waals surface area contributed by atoms with Crippen LogP contribution in [0.5, 0.6) is 5.75 Å². The van der Waals surface area contributed by atoms with E-state index in [4.69, 9.17) is 4.74 Å². The number of benzene rings is 1. The Labute approximate surface area is 190 Å². The molecule has 1 atom stereocenters. The highest BCUT2D eigenvalue weighted by Gasteiger charge is 2.29. The first-order chi connectivity index (χ1) is 16.1. The maximum absolute atomic E-state index is 15.5. The van der Waals surface area contributed by atoms with Gasteiger partial charge in [0.1, 0.15) is 24.0 Å². The Bertz CT molecular complexity index is 1430. The molecule has 0 N–H and O–H groups in total. The van der Waals surface area contributed by atoms with Gasteiger partial charge in [-0.3, -0.25) is 14.1 Å². The molecule has 0 radical (unpaired) electrons. The first kappa shape index (κ1) is 20.2. The van der Waals surface area contributed by atoms with Crippen molar-refractivity contribution in [3.63, 3.8) is 0 Å². The Morgan fingerprint density at radius 2 is 2.00 bits per heavy atom. The van der Waals surface area contributed by atoms with Crippen molar-refractivity contribution in [3.05, 3.63) is 46.9 Å². The van der Waals surface area contributed by atoms with E-state index in [0.29, 0.717) is 34.4 Å². The highest BCUT2D eigenvalue weighted by atomic mass is 19.1. The predicted octanol–water partition coefficient (Wildman–Crippen LogP) is 4.42. The second-order valence-electron chi connectivity index (χ2n) is 9.01. The lowest BCUT2D eigenvalue weighted by molar-refractivity contribution is 0.247. The van der Waals surface area contributed by atoms with E-state index in [1.54, 1.807) is 24.0 Å². The molecule has 0 bridgehead atoms. The lowest BCUT2D eigenvalue weighted by atomic mass is 10.0. The summed E-state index contributed by atoms with van der Waals surface area (Å²) in [5.41, 5.74) is 2.90. The fraction of sp³-hybridized carbons (Fsp3) is 0.400. The smallest absolute Gasteiger partial charge is 0.329 e. The zero-order chi connectivity index (χ0) is 22.7. The monoisotopic (exact) mass is 447 g/mol. The Balaban J connectivity index is 1.61. The maximum atomic E-state index is 15.5. The summed E-state index contributed by atoms with van der Waals surface area (Å²) in [5.74, 6) is 0.948. The fourth-order valence-electron chi connectivity index (χ4n) is 5.33. The number of aryl methyl sites for hydroxylation is 1. The van der Waals surface area contributed by atoms with Crippen molar-refractivity contribution in [3.8, 4) is 16.9 Å². The summed E-state index contributed by atoms with van der Waals surface area (Å²) in [4.78, 5) is 24.5. The molecule has 0 aliphatic carbocycles. The van der Waals surface area contributed by atoms with E-state index in [-0.39, 0.29) is 11.7 Å². The maximum Gasteiger partial charge on any atom is 0.329 e. The standard InChI is InChI=1S/C25H26FN5O2/c1-3-6-16-14-33-24-21(15-7-8-20(28-12-15)30-9-4-5-10-30)17(26)11-18-22(24)23-19(13-27-18)29(2)25(32)31(16)23/h7-8,11-13,16H,3-6,9-10,14H2,1-2H3. The van der Waals surface area contributed by atoms with Crippen molar-refractivity contribution < 1.29 is 9.13 Å². The molecular formula is C25H26FN5O2. The zero-order valence-corrected chi connectivity index (χ0v) is 18.8. The topological polar surface area (TPSA) is 65.2 Å². The molecule has 5 heterocycles. The van der Waals surface area contributed by atoms with Crippen LogP contribution >= 0.6 is 0 Å². The van der Waals surface area contributed by atoms with E-state index in [2.05, 4.69) is 21.8 Å². The molecule has 1 fully saturated rings. The van der Waals surface area contributed by atoms with Gasteiger partial charge in [0.05, 0.1) is 39.7 Å². The molecule has 1 aromatic carbocycles. The molecule has 1 unspecified atom stereocenters. The van der Waals surface area contributed by atoms with Gasteiger partial charge in [-0.05, 0) is 31.4 Å². The van der Waals surface area contributed by atoms with Gasteiger partial charge in [-0.1, -0.05) is 13.3 Å². The number of ether oxygens (including phenoxy) is 1. The SMILES string of the molecule is CCCC1COc2c(-c3ccc(N4CCCC4)nc3)c(F)cc3ncc4c(c23)n1c(=O)n4C. The molecule has 0 saturated carbocycles. The van der Waals surface area contributed by atoms with Crippen molar-refractivity contribution in [2.75, 3.05) is 24.6 Å². The van der Waals surface area contributed by atoms with Crippen LogP contribution in [0.1, 0.15) is 38.6 Å². The minimum atomic E-state index is -0.404. The van der Waals surface area contributed by atoms with Crippen LogP contribution in [-0.4, -0.2) is 38.8 Å². The first-order valence-electron chi connectivity index (χ1n) is 11.6. The molecule has 0 amide bonds. The van der Waals surface area contributed by atoms with Crippen molar-refractivity contribution in [2.24, 2.45) is 7.05 Å². The molecule has 7 nitrogen and oxygen atoms in total. The Morgan fingerprint density at radius 1 is 1.18 bits per heavy atom. The summed E-state index contributed by atoms with van der Waals surface area (Å²) < 4.78 is 25.2. The third-order valence-corrected chi connectivity index (χ3v) is 6.99. The lowest BCUT2D eigenvalue weighted by Crippen LogP contribution is -2.28. The highest BCUT2D eigenvalue weighted by Crippen LogP contribution is 2.44. The van der Waals surface area contributed by atoms with Gasteiger partial charge in [-0.2, -0.15) is 0 Å². The summed E-state index contributed by atoms with van der Waals surface area (Å²) in [6.45, 7) is 4.38. The van der Waals surface area contributed by atoms with E-state index in [1.165, 1.54) is 18.9 Å². The molecule has 2 aliphatic rings. The van der Waals surface area contributed by atoms with Crippen molar-refractivity contribution in [2.45, 2.75) is 38.6 Å². The van der Waals surface area contributed by atoms with Crippen LogP contribution in [0.3, 0.4) is 0 Å². The normalized spacial score (nSPS) is 17.8. The van der Waals surface area contributed by atoms with Crippen LogP contribution in [-0.2, 0) is 7.05 Å². The molecular weight excluding hydrogens is 421 g/mol. The van der Waals surface area contributed by atoms with Crippen LogP contribution in [0.25, 0.3) is 33.1 Å². The van der Waals surface area contributed by atoms with Crippen molar-refractivity contribution in [1.82, 2.24) is 19.1 Å². The number of hydrogen-bond acceptors (Lipinski definition) is 5. The number of rotatable bonds is 4. The molecule has 170 valence electrons. The quantitative estimate of drug-likeness (QED) is 0.463. The average molecular weight is 448 g/mol. The highest BCUT2D eigenvalue weighted by molar-refractivity contribution is 6.09. The third-order valence-electron chi connectivity index (χ3n) is 6.99. The molecule has 8 heteroatoms. The van der Waals surface area contributed by atoms with Crippen LogP contribution in [0.4, 0.5) is 10.2 Å². The van der Waals surface area contributed by atoms with Gasteiger partial charge >= 0.3 is 5.69 Å². The zero-order valence-electron chi connectivity index (χ0n) is 18.8. The van der Waals surface area contributed by atoms with Gasteiger partial charge in [0, 0.05) is 38.0 Å². The predicted molar refractivity (Wildman–Crippen MR) is 127 cm³/mol. The number of pyridine rings is 2. The molecule has 6 rings (SSSR count). The molecule has 3 aromatic heterocycles. The van der Waals surface area contributed by atoms with E-state index < -0.39 is 5.82 Å². The van der Waals surface area contributed by atoms with E-state index in [0.717, 1.165) is 42.8 Å². The molecule has 1 saturated heterocycles. The van der Waals surface area contributed by atoms with E-state index in [9.17, 15) is 4.79 Å². The second kappa shape index (κ2) is 7.57. The van der Waals surface area contributed by atoms with Crippen LogP contribution in [0.2, 0.25) is 0 Å². The summed E-state index contributed by atoms with van der Waals surface area (Å²) in [7, 11) is 1.76. The Morgan fingerprint density at radius 3 is 2.73 bits per heavy atom. The van der Waals surface area contributed by atoms with Crippen LogP contribution in [0.15, 0.2) is 35.4 Å². The molecule has 33 heavy (non-hydrogen) atoms. The van der Waals surface area contributed by atoms with Gasteiger partial charge in [0.2, 0.25) is 0 Å². The first-order valence-corrected chi connectivity index (χ1v) is 11.6.